The minimum absolute atomic E-state index is 0.564. The van der Waals surface area contributed by atoms with Gasteiger partial charge in [0.2, 0.25) is 0 Å². The van der Waals surface area contributed by atoms with E-state index < -0.39 is 0 Å². The molecule has 2 rings (SSSR count). The van der Waals surface area contributed by atoms with Gasteiger partial charge < -0.3 is 9.64 Å². The van der Waals surface area contributed by atoms with Gasteiger partial charge in [0.05, 0.1) is 12.8 Å². The lowest BCUT2D eigenvalue weighted by Gasteiger charge is -2.22. The van der Waals surface area contributed by atoms with Crippen molar-refractivity contribution in [3.8, 4) is 5.75 Å². The SMILES string of the molecule is CCN(CC)CC(C)Cn1cc(CSc2ccc(OC)cc2)nn1. The molecule has 0 saturated carbocycles. The van der Waals surface area contributed by atoms with Crippen molar-refractivity contribution < 1.29 is 4.74 Å². The number of hydrogen-bond acceptors (Lipinski definition) is 5. The summed E-state index contributed by atoms with van der Waals surface area (Å²) in [5, 5.41) is 8.56. The zero-order valence-corrected chi connectivity index (χ0v) is 15.9. The molecule has 5 nitrogen and oxygen atoms in total. The highest BCUT2D eigenvalue weighted by atomic mass is 32.2. The van der Waals surface area contributed by atoms with Crippen LogP contribution in [0.25, 0.3) is 0 Å². The second kappa shape index (κ2) is 9.69. The molecule has 0 N–H and O–H groups in total. The Labute approximate surface area is 149 Å². The zero-order chi connectivity index (χ0) is 17.4. The third-order valence-corrected chi connectivity index (χ3v) is 5.04. The smallest absolute Gasteiger partial charge is 0.118 e. The number of ether oxygens (including phenoxy) is 1. The highest BCUT2D eigenvalue weighted by Gasteiger charge is 2.10. The normalized spacial score (nSPS) is 12.5. The van der Waals surface area contributed by atoms with Gasteiger partial charge in [0.15, 0.2) is 0 Å². The van der Waals surface area contributed by atoms with E-state index in [4.69, 9.17) is 4.74 Å². The first kappa shape index (κ1) is 18.8. The monoisotopic (exact) mass is 348 g/mol. The summed E-state index contributed by atoms with van der Waals surface area (Å²) in [6, 6.07) is 8.10. The number of aromatic nitrogens is 3. The Morgan fingerprint density at radius 2 is 1.92 bits per heavy atom. The van der Waals surface area contributed by atoms with E-state index in [2.05, 4.69) is 54.3 Å². The van der Waals surface area contributed by atoms with E-state index in [9.17, 15) is 0 Å². The summed E-state index contributed by atoms with van der Waals surface area (Å²) in [5.41, 5.74) is 1.02. The van der Waals surface area contributed by atoms with Gasteiger partial charge in [-0.1, -0.05) is 26.0 Å². The maximum atomic E-state index is 5.18. The molecule has 1 atom stereocenters. The minimum atomic E-state index is 0.564. The van der Waals surface area contributed by atoms with Gasteiger partial charge >= 0.3 is 0 Å². The first-order valence-corrected chi connectivity index (χ1v) is 9.51. The fourth-order valence-corrected chi connectivity index (χ4v) is 3.40. The van der Waals surface area contributed by atoms with Crippen molar-refractivity contribution in [2.24, 2.45) is 5.92 Å². The molecule has 132 valence electrons. The molecule has 0 radical (unpaired) electrons. The molecule has 0 aliphatic heterocycles. The number of rotatable bonds is 10. The maximum absolute atomic E-state index is 5.18. The molecular formula is C18H28N4OS. The van der Waals surface area contributed by atoms with Crippen LogP contribution in [0.15, 0.2) is 35.4 Å². The van der Waals surface area contributed by atoms with Gasteiger partial charge in [-0.2, -0.15) is 0 Å². The van der Waals surface area contributed by atoms with Gasteiger partial charge in [0.1, 0.15) is 5.75 Å². The Hall–Kier alpha value is -1.53. The highest BCUT2D eigenvalue weighted by Crippen LogP contribution is 2.24. The third kappa shape index (κ3) is 5.83. The van der Waals surface area contributed by atoms with Crippen LogP contribution in [0.2, 0.25) is 0 Å². The molecule has 0 spiro atoms. The summed E-state index contributed by atoms with van der Waals surface area (Å²) < 4.78 is 7.15. The number of methoxy groups -OCH3 is 1. The molecule has 0 fully saturated rings. The van der Waals surface area contributed by atoms with Gasteiger partial charge in [-0.3, -0.25) is 4.68 Å². The van der Waals surface area contributed by atoms with E-state index in [0.29, 0.717) is 5.92 Å². The average Bonchev–Trinajstić information content (AvgIpc) is 3.05. The molecule has 0 amide bonds. The molecule has 2 aromatic rings. The number of thioether (sulfide) groups is 1. The Kier molecular flexibility index (Phi) is 7.59. The second-order valence-electron chi connectivity index (χ2n) is 5.99. The van der Waals surface area contributed by atoms with Crippen LogP contribution in [0.3, 0.4) is 0 Å². The van der Waals surface area contributed by atoms with Gasteiger partial charge in [0.25, 0.3) is 0 Å². The summed E-state index contributed by atoms with van der Waals surface area (Å²) in [5.74, 6) is 2.28. The van der Waals surface area contributed by atoms with Crippen molar-refractivity contribution in [1.29, 1.82) is 0 Å². The van der Waals surface area contributed by atoms with E-state index in [1.165, 1.54) is 4.90 Å². The lowest BCUT2D eigenvalue weighted by atomic mass is 10.1. The van der Waals surface area contributed by atoms with Gasteiger partial charge in [-0.15, -0.1) is 16.9 Å². The molecule has 1 aromatic heterocycles. The van der Waals surface area contributed by atoms with Gasteiger partial charge in [-0.05, 0) is 43.3 Å². The molecule has 0 bridgehead atoms. The Bertz CT molecular complexity index is 595. The van der Waals surface area contributed by atoms with Gasteiger partial charge in [0, 0.05) is 29.9 Å². The quantitative estimate of drug-likeness (QED) is 0.614. The number of hydrogen-bond donors (Lipinski definition) is 0. The minimum Gasteiger partial charge on any atom is -0.497 e. The largest absolute Gasteiger partial charge is 0.497 e. The fourth-order valence-electron chi connectivity index (χ4n) is 2.62. The van der Waals surface area contributed by atoms with Crippen molar-refractivity contribution in [3.63, 3.8) is 0 Å². The summed E-state index contributed by atoms with van der Waals surface area (Å²) in [6.07, 6.45) is 2.06. The van der Waals surface area contributed by atoms with E-state index in [-0.39, 0.29) is 0 Å². The topological polar surface area (TPSA) is 43.2 Å². The Morgan fingerprint density at radius 3 is 2.54 bits per heavy atom. The molecule has 6 heteroatoms. The van der Waals surface area contributed by atoms with Crippen LogP contribution in [0.5, 0.6) is 5.75 Å². The standard InChI is InChI=1S/C18H28N4OS/c1-5-21(6-2)11-15(3)12-22-13-16(19-20-22)14-24-18-9-7-17(23-4)8-10-18/h7-10,13,15H,5-6,11-12,14H2,1-4H3. The van der Waals surface area contributed by atoms with Crippen molar-refractivity contribution in [2.75, 3.05) is 26.7 Å². The maximum Gasteiger partial charge on any atom is 0.118 e. The Morgan fingerprint density at radius 1 is 1.21 bits per heavy atom. The molecule has 1 unspecified atom stereocenters. The third-order valence-electron chi connectivity index (χ3n) is 4.00. The van der Waals surface area contributed by atoms with Crippen molar-refractivity contribution in [3.05, 3.63) is 36.2 Å². The van der Waals surface area contributed by atoms with Crippen molar-refractivity contribution >= 4 is 11.8 Å². The van der Waals surface area contributed by atoms with E-state index in [1.807, 2.05) is 16.8 Å². The van der Waals surface area contributed by atoms with Crippen molar-refractivity contribution in [1.82, 2.24) is 19.9 Å². The van der Waals surface area contributed by atoms with Gasteiger partial charge in [-0.25, -0.2) is 0 Å². The fraction of sp³-hybridized carbons (Fsp3) is 0.556. The van der Waals surface area contributed by atoms with Crippen LogP contribution >= 0.6 is 11.8 Å². The van der Waals surface area contributed by atoms with E-state index in [1.54, 1.807) is 18.9 Å². The lowest BCUT2D eigenvalue weighted by molar-refractivity contribution is 0.243. The molecule has 0 aliphatic rings. The van der Waals surface area contributed by atoms with Crippen LogP contribution in [0.4, 0.5) is 0 Å². The summed E-state index contributed by atoms with van der Waals surface area (Å²) >= 11 is 1.76. The van der Waals surface area contributed by atoms with Crippen LogP contribution in [-0.2, 0) is 12.3 Å². The first-order valence-electron chi connectivity index (χ1n) is 8.52. The van der Waals surface area contributed by atoms with Crippen LogP contribution in [-0.4, -0.2) is 46.6 Å². The molecule has 0 saturated heterocycles. The Balaban J connectivity index is 1.81. The molecular weight excluding hydrogens is 320 g/mol. The highest BCUT2D eigenvalue weighted by molar-refractivity contribution is 7.98. The lowest BCUT2D eigenvalue weighted by Crippen LogP contribution is -2.30. The molecule has 1 aromatic carbocycles. The zero-order valence-electron chi connectivity index (χ0n) is 15.1. The summed E-state index contributed by atoms with van der Waals surface area (Å²) in [7, 11) is 1.68. The molecule has 24 heavy (non-hydrogen) atoms. The number of benzene rings is 1. The van der Waals surface area contributed by atoms with Crippen molar-refractivity contribution in [2.45, 2.75) is 38.0 Å². The first-order chi connectivity index (χ1) is 11.6. The predicted molar refractivity (Wildman–Crippen MR) is 99.5 cm³/mol. The molecule has 1 heterocycles. The predicted octanol–water partition coefficient (Wildman–Crippen LogP) is 3.56. The van der Waals surface area contributed by atoms with E-state index in [0.717, 1.165) is 43.4 Å². The average molecular weight is 349 g/mol. The molecule has 0 aliphatic carbocycles. The van der Waals surface area contributed by atoms with Crippen LogP contribution < -0.4 is 4.74 Å². The van der Waals surface area contributed by atoms with Crippen LogP contribution in [0.1, 0.15) is 26.5 Å². The second-order valence-corrected chi connectivity index (χ2v) is 7.04. The summed E-state index contributed by atoms with van der Waals surface area (Å²) in [4.78, 5) is 3.66. The van der Waals surface area contributed by atoms with Crippen LogP contribution in [0, 0.1) is 5.92 Å². The van der Waals surface area contributed by atoms with E-state index >= 15 is 0 Å². The summed E-state index contributed by atoms with van der Waals surface area (Å²) in [6.45, 7) is 10.9. The number of nitrogens with zero attached hydrogens (tertiary/aromatic N) is 4.